The molecule has 1 saturated heterocycles. The lowest BCUT2D eigenvalue weighted by molar-refractivity contribution is 0.102. The molecule has 0 bridgehead atoms. The third kappa shape index (κ3) is 5.26. The Hall–Kier alpha value is -4.00. The van der Waals surface area contributed by atoms with E-state index in [0.717, 1.165) is 23.4 Å². The van der Waals surface area contributed by atoms with Crippen LogP contribution in [0.15, 0.2) is 72.8 Å². The molecule has 3 amide bonds. The number of carbonyl (C=O) groups excluding carboxylic acids is 2. The number of anilines is 2. The summed E-state index contributed by atoms with van der Waals surface area (Å²) in [4.78, 5) is 29.5. The van der Waals surface area contributed by atoms with Gasteiger partial charge in [-0.15, -0.1) is 0 Å². The molecule has 0 aliphatic carbocycles. The molecule has 0 aromatic heterocycles. The molecule has 1 heterocycles. The molecule has 0 atom stereocenters. The van der Waals surface area contributed by atoms with E-state index >= 15 is 0 Å². The molecular weight excluding hydrogens is 418 g/mol. The third-order valence-corrected chi connectivity index (χ3v) is 5.57. The minimum Gasteiger partial charge on any atom is -0.497 e. The molecule has 3 aromatic carbocycles. The van der Waals surface area contributed by atoms with Gasteiger partial charge in [-0.25, -0.2) is 4.79 Å². The van der Waals surface area contributed by atoms with Crippen molar-refractivity contribution >= 4 is 23.3 Å². The predicted molar refractivity (Wildman–Crippen MR) is 128 cm³/mol. The predicted octanol–water partition coefficient (Wildman–Crippen LogP) is 4.79. The standard InChI is InChI=1S/C26H27N3O4/c1-32-23-11-3-7-19(15-23)18-28-13-6-14-29(26(28)31)22-10-5-9-21(17-22)27-25(30)20-8-4-12-24(16-20)33-2/h3-5,7-12,15-17H,6,13-14,18H2,1-2H3,(H,27,30). The molecule has 3 aromatic rings. The molecule has 0 radical (unpaired) electrons. The summed E-state index contributed by atoms with van der Waals surface area (Å²) < 4.78 is 10.5. The van der Waals surface area contributed by atoms with Crippen molar-refractivity contribution in [3.05, 3.63) is 83.9 Å². The van der Waals surface area contributed by atoms with E-state index in [2.05, 4.69) is 5.32 Å². The minimum atomic E-state index is -0.240. The number of nitrogens with zero attached hydrogens (tertiary/aromatic N) is 2. The van der Waals surface area contributed by atoms with Gasteiger partial charge in [0.25, 0.3) is 5.91 Å². The van der Waals surface area contributed by atoms with Crippen LogP contribution in [-0.4, -0.2) is 44.1 Å². The minimum absolute atomic E-state index is 0.0552. The zero-order valence-corrected chi connectivity index (χ0v) is 18.8. The lowest BCUT2D eigenvalue weighted by atomic mass is 10.1. The van der Waals surface area contributed by atoms with Crippen molar-refractivity contribution in [3.8, 4) is 11.5 Å². The summed E-state index contributed by atoms with van der Waals surface area (Å²) in [7, 11) is 3.20. The van der Waals surface area contributed by atoms with Crippen LogP contribution in [0.3, 0.4) is 0 Å². The van der Waals surface area contributed by atoms with Gasteiger partial charge in [-0.1, -0.05) is 24.3 Å². The van der Waals surface area contributed by atoms with Crippen LogP contribution in [0, 0.1) is 0 Å². The summed E-state index contributed by atoms with van der Waals surface area (Å²) >= 11 is 0. The van der Waals surface area contributed by atoms with Crippen molar-refractivity contribution in [2.75, 3.05) is 37.5 Å². The molecule has 1 aliphatic rings. The Kier molecular flexibility index (Phi) is 6.78. The van der Waals surface area contributed by atoms with Gasteiger partial charge in [0.15, 0.2) is 0 Å². The van der Waals surface area contributed by atoms with Crippen molar-refractivity contribution in [2.24, 2.45) is 0 Å². The van der Waals surface area contributed by atoms with Gasteiger partial charge < -0.3 is 19.7 Å². The Morgan fingerprint density at radius 3 is 2.42 bits per heavy atom. The first-order valence-electron chi connectivity index (χ1n) is 10.8. The number of urea groups is 1. The first-order chi connectivity index (χ1) is 16.1. The average Bonchev–Trinajstić information content (AvgIpc) is 2.85. The van der Waals surface area contributed by atoms with Crippen LogP contribution in [0.25, 0.3) is 0 Å². The molecule has 0 unspecified atom stereocenters. The van der Waals surface area contributed by atoms with Gasteiger partial charge >= 0.3 is 6.03 Å². The van der Waals surface area contributed by atoms with E-state index in [9.17, 15) is 9.59 Å². The highest BCUT2D eigenvalue weighted by molar-refractivity contribution is 6.05. The van der Waals surface area contributed by atoms with E-state index in [1.165, 1.54) is 0 Å². The number of hydrogen-bond donors (Lipinski definition) is 1. The maximum Gasteiger partial charge on any atom is 0.324 e. The van der Waals surface area contributed by atoms with Gasteiger partial charge in [0.05, 0.1) is 14.2 Å². The Bertz CT molecular complexity index is 1150. The molecule has 1 aliphatic heterocycles. The monoisotopic (exact) mass is 445 g/mol. The Morgan fingerprint density at radius 2 is 1.64 bits per heavy atom. The quantitative estimate of drug-likeness (QED) is 0.568. The van der Waals surface area contributed by atoms with Crippen molar-refractivity contribution in [2.45, 2.75) is 13.0 Å². The number of nitrogens with one attached hydrogen (secondary N) is 1. The second-order valence-corrected chi connectivity index (χ2v) is 7.80. The number of hydrogen-bond acceptors (Lipinski definition) is 4. The largest absolute Gasteiger partial charge is 0.497 e. The topological polar surface area (TPSA) is 71.1 Å². The first-order valence-corrected chi connectivity index (χ1v) is 10.8. The zero-order chi connectivity index (χ0) is 23.2. The number of ether oxygens (including phenoxy) is 2. The first kappa shape index (κ1) is 22.2. The molecule has 33 heavy (non-hydrogen) atoms. The highest BCUT2D eigenvalue weighted by atomic mass is 16.5. The second-order valence-electron chi connectivity index (χ2n) is 7.80. The fourth-order valence-corrected chi connectivity index (χ4v) is 3.88. The molecule has 1 fully saturated rings. The molecular formula is C26H27N3O4. The van der Waals surface area contributed by atoms with Crippen molar-refractivity contribution in [1.82, 2.24) is 4.90 Å². The van der Waals surface area contributed by atoms with Gasteiger partial charge in [-0.05, 0) is 60.5 Å². The van der Waals surface area contributed by atoms with E-state index in [1.54, 1.807) is 43.4 Å². The fraction of sp³-hybridized carbons (Fsp3) is 0.231. The Balaban J connectivity index is 1.47. The fourth-order valence-electron chi connectivity index (χ4n) is 3.88. The van der Waals surface area contributed by atoms with Crippen LogP contribution in [0.2, 0.25) is 0 Å². The highest BCUT2D eigenvalue weighted by Crippen LogP contribution is 2.25. The number of methoxy groups -OCH3 is 2. The molecule has 7 heteroatoms. The van der Waals surface area contributed by atoms with Crippen LogP contribution < -0.4 is 19.7 Å². The lowest BCUT2D eigenvalue weighted by Crippen LogP contribution is -2.49. The van der Waals surface area contributed by atoms with Crippen LogP contribution in [0.1, 0.15) is 22.3 Å². The number of rotatable bonds is 7. The van der Waals surface area contributed by atoms with Gasteiger partial charge in [-0.3, -0.25) is 9.69 Å². The van der Waals surface area contributed by atoms with Crippen molar-refractivity contribution < 1.29 is 19.1 Å². The summed E-state index contributed by atoms with van der Waals surface area (Å²) in [6.45, 7) is 1.83. The normalized spacial score (nSPS) is 13.6. The van der Waals surface area contributed by atoms with Crippen molar-refractivity contribution in [1.29, 1.82) is 0 Å². The van der Waals surface area contributed by atoms with Crippen molar-refractivity contribution in [3.63, 3.8) is 0 Å². The number of amides is 3. The SMILES string of the molecule is COc1cccc(CN2CCCN(c3cccc(NC(=O)c4cccc(OC)c4)c3)C2=O)c1. The Morgan fingerprint density at radius 1 is 0.909 bits per heavy atom. The van der Waals surface area contributed by atoms with E-state index < -0.39 is 0 Å². The summed E-state index contributed by atoms with van der Waals surface area (Å²) in [5.41, 5.74) is 2.89. The van der Waals surface area contributed by atoms with Gasteiger partial charge in [-0.2, -0.15) is 0 Å². The number of carbonyl (C=O) groups is 2. The summed E-state index contributed by atoms with van der Waals surface area (Å²) in [5, 5.41) is 2.91. The zero-order valence-electron chi connectivity index (χ0n) is 18.8. The molecule has 4 rings (SSSR count). The molecule has 7 nitrogen and oxygen atoms in total. The Labute approximate surface area is 193 Å². The average molecular weight is 446 g/mol. The second kappa shape index (κ2) is 10.1. The highest BCUT2D eigenvalue weighted by Gasteiger charge is 2.27. The third-order valence-electron chi connectivity index (χ3n) is 5.57. The maximum atomic E-state index is 13.2. The van der Waals surface area contributed by atoms with Crippen LogP contribution in [-0.2, 0) is 6.54 Å². The van der Waals surface area contributed by atoms with Gasteiger partial charge in [0, 0.05) is 36.6 Å². The summed E-state index contributed by atoms with van der Waals surface area (Å²) in [5.74, 6) is 1.15. The van der Waals surface area contributed by atoms with Crippen LogP contribution >= 0.6 is 0 Å². The molecule has 0 spiro atoms. The summed E-state index contributed by atoms with van der Waals surface area (Å²) in [6, 6.07) is 22.0. The number of benzene rings is 3. The van der Waals surface area contributed by atoms with E-state index in [1.807, 2.05) is 53.4 Å². The lowest BCUT2D eigenvalue weighted by Gasteiger charge is -2.36. The van der Waals surface area contributed by atoms with Gasteiger partial charge in [0.2, 0.25) is 0 Å². The molecule has 0 saturated carbocycles. The van der Waals surface area contributed by atoms with E-state index in [-0.39, 0.29) is 11.9 Å². The maximum absolute atomic E-state index is 13.2. The smallest absolute Gasteiger partial charge is 0.324 e. The van der Waals surface area contributed by atoms with Crippen LogP contribution in [0.4, 0.5) is 16.2 Å². The molecule has 170 valence electrons. The van der Waals surface area contributed by atoms with Gasteiger partial charge in [0.1, 0.15) is 11.5 Å². The van der Waals surface area contributed by atoms with Crippen LogP contribution in [0.5, 0.6) is 11.5 Å². The summed E-state index contributed by atoms with van der Waals surface area (Å²) in [6.07, 6.45) is 0.857. The molecule has 1 N–H and O–H groups in total. The van der Waals surface area contributed by atoms with E-state index in [4.69, 9.17) is 9.47 Å². The van der Waals surface area contributed by atoms with E-state index in [0.29, 0.717) is 36.6 Å².